The standard InChI is InChI=1S/C20H24N2O5/c1-12-17(24)9-18(21-10-13-11-26-7-8-27-13)22-6-5-15-14(19(12)22)3-4-16(23)20(15)25-2/h3-4,9,13,21,23H,5-8,10-11H2,1-2H3. The Kier molecular flexibility index (Phi) is 4.80. The Labute approximate surface area is 157 Å². The van der Waals surface area contributed by atoms with Crippen molar-refractivity contribution in [2.45, 2.75) is 26.0 Å². The second-order valence-electron chi connectivity index (χ2n) is 6.86. The van der Waals surface area contributed by atoms with Crippen molar-refractivity contribution >= 4 is 5.82 Å². The molecule has 7 nitrogen and oxygen atoms in total. The van der Waals surface area contributed by atoms with Gasteiger partial charge in [0.2, 0.25) is 0 Å². The number of phenolic OH excluding ortho intramolecular Hbond substituents is 1. The summed E-state index contributed by atoms with van der Waals surface area (Å²) in [6.45, 7) is 4.87. The number of nitrogens with zero attached hydrogens (tertiary/aromatic N) is 1. The maximum atomic E-state index is 12.6. The molecule has 0 spiro atoms. The van der Waals surface area contributed by atoms with Gasteiger partial charge in [-0.2, -0.15) is 0 Å². The molecule has 0 radical (unpaired) electrons. The van der Waals surface area contributed by atoms with Gasteiger partial charge >= 0.3 is 0 Å². The van der Waals surface area contributed by atoms with E-state index < -0.39 is 0 Å². The number of nitrogens with one attached hydrogen (secondary N) is 1. The SMILES string of the molecule is COc1c(O)ccc2c1CCn1c(NCC3COCCO3)cc(=O)c(C)c1-2. The van der Waals surface area contributed by atoms with Crippen molar-refractivity contribution < 1.29 is 19.3 Å². The Morgan fingerprint density at radius 3 is 2.96 bits per heavy atom. The van der Waals surface area contributed by atoms with Crippen molar-refractivity contribution in [1.82, 2.24) is 4.57 Å². The Balaban J connectivity index is 1.74. The molecule has 0 aliphatic carbocycles. The third kappa shape index (κ3) is 3.17. The summed E-state index contributed by atoms with van der Waals surface area (Å²) in [7, 11) is 1.55. The Bertz CT molecular complexity index is 916. The van der Waals surface area contributed by atoms with Crippen LogP contribution in [0.1, 0.15) is 11.1 Å². The van der Waals surface area contributed by atoms with Gasteiger partial charge in [0.1, 0.15) is 5.82 Å². The van der Waals surface area contributed by atoms with Gasteiger partial charge < -0.3 is 29.2 Å². The van der Waals surface area contributed by atoms with Crippen LogP contribution >= 0.6 is 0 Å². The van der Waals surface area contributed by atoms with Crippen molar-refractivity contribution in [3.05, 3.63) is 39.5 Å². The van der Waals surface area contributed by atoms with Crippen molar-refractivity contribution in [1.29, 1.82) is 0 Å². The molecule has 1 aromatic heterocycles. The first-order valence-corrected chi connectivity index (χ1v) is 9.17. The van der Waals surface area contributed by atoms with Crippen LogP contribution in [-0.2, 0) is 22.4 Å². The first-order valence-electron chi connectivity index (χ1n) is 9.17. The van der Waals surface area contributed by atoms with E-state index in [0.717, 1.165) is 22.6 Å². The Morgan fingerprint density at radius 1 is 1.37 bits per heavy atom. The van der Waals surface area contributed by atoms with Crippen molar-refractivity contribution in [2.24, 2.45) is 0 Å². The third-order valence-electron chi connectivity index (χ3n) is 5.23. The summed E-state index contributed by atoms with van der Waals surface area (Å²) in [5.41, 5.74) is 3.38. The summed E-state index contributed by atoms with van der Waals surface area (Å²) in [5, 5.41) is 13.4. The van der Waals surface area contributed by atoms with E-state index in [2.05, 4.69) is 9.88 Å². The van der Waals surface area contributed by atoms with Crippen LogP contribution < -0.4 is 15.5 Å². The second-order valence-corrected chi connectivity index (χ2v) is 6.86. The first-order chi connectivity index (χ1) is 13.1. The van der Waals surface area contributed by atoms with E-state index in [1.165, 1.54) is 0 Å². The summed E-state index contributed by atoms with van der Waals surface area (Å²) in [4.78, 5) is 12.6. The van der Waals surface area contributed by atoms with Crippen LogP contribution in [0.3, 0.4) is 0 Å². The number of anilines is 1. The summed E-state index contributed by atoms with van der Waals surface area (Å²) >= 11 is 0. The minimum absolute atomic E-state index is 0.0237. The Morgan fingerprint density at radius 2 is 2.22 bits per heavy atom. The lowest BCUT2D eigenvalue weighted by Crippen LogP contribution is -2.35. The summed E-state index contributed by atoms with van der Waals surface area (Å²) in [6.07, 6.45) is 0.680. The van der Waals surface area contributed by atoms with Gasteiger partial charge in [0.25, 0.3) is 0 Å². The number of aromatic nitrogens is 1. The van der Waals surface area contributed by atoms with E-state index in [-0.39, 0.29) is 17.3 Å². The van der Waals surface area contributed by atoms with E-state index in [0.29, 0.717) is 50.6 Å². The molecule has 7 heteroatoms. The van der Waals surface area contributed by atoms with E-state index in [1.807, 2.05) is 13.0 Å². The van der Waals surface area contributed by atoms with Crippen LogP contribution in [0.5, 0.6) is 11.5 Å². The number of pyridine rings is 1. The third-order valence-corrected chi connectivity index (χ3v) is 5.23. The zero-order chi connectivity index (χ0) is 19.0. The first kappa shape index (κ1) is 17.9. The summed E-state index contributed by atoms with van der Waals surface area (Å²) in [6, 6.07) is 5.11. The number of rotatable bonds is 4. The Hall–Kier alpha value is -2.51. The molecule has 1 aromatic carbocycles. The van der Waals surface area contributed by atoms with Crippen LogP contribution in [0.2, 0.25) is 0 Å². The molecule has 4 rings (SSSR count). The van der Waals surface area contributed by atoms with Gasteiger partial charge in [0, 0.05) is 35.8 Å². The fraction of sp³-hybridized carbons (Fsp3) is 0.450. The molecule has 1 unspecified atom stereocenters. The molecule has 144 valence electrons. The number of ether oxygens (including phenoxy) is 3. The number of methoxy groups -OCH3 is 1. The molecule has 2 aromatic rings. The molecule has 0 amide bonds. The lowest BCUT2D eigenvalue weighted by atomic mass is 9.93. The number of benzene rings is 1. The number of hydrogen-bond acceptors (Lipinski definition) is 6. The maximum Gasteiger partial charge on any atom is 0.187 e. The minimum Gasteiger partial charge on any atom is -0.504 e. The molecule has 2 aliphatic rings. The largest absolute Gasteiger partial charge is 0.504 e. The quantitative estimate of drug-likeness (QED) is 0.853. The van der Waals surface area contributed by atoms with E-state index in [4.69, 9.17) is 14.2 Å². The molecule has 0 saturated carbocycles. The summed E-state index contributed by atoms with van der Waals surface area (Å²) < 4.78 is 18.6. The average molecular weight is 372 g/mol. The fourth-order valence-corrected chi connectivity index (χ4v) is 3.89. The second kappa shape index (κ2) is 7.25. The van der Waals surface area contributed by atoms with Gasteiger partial charge in [-0.1, -0.05) is 0 Å². The number of phenols is 1. The molecule has 1 atom stereocenters. The number of hydrogen-bond donors (Lipinski definition) is 2. The number of aromatic hydroxyl groups is 1. The van der Waals surface area contributed by atoms with Crippen LogP contribution in [0.25, 0.3) is 11.3 Å². The predicted molar refractivity (Wildman–Crippen MR) is 102 cm³/mol. The zero-order valence-corrected chi connectivity index (χ0v) is 15.6. The van der Waals surface area contributed by atoms with Crippen LogP contribution in [0.15, 0.2) is 23.0 Å². The van der Waals surface area contributed by atoms with Crippen LogP contribution in [-0.4, -0.2) is 49.3 Å². The van der Waals surface area contributed by atoms with E-state index in [1.54, 1.807) is 19.2 Å². The predicted octanol–water partition coefficient (Wildman–Crippen LogP) is 1.92. The molecule has 1 fully saturated rings. The highest BCUT2D eigenvalue weighted by atomic mass is 16.6. The zero-order valence-electron chi connectivity index (χ0n) is 15.6. The molecule has 0 bridgehead atoms. The molecule has 2 aliphatic heterocycles. The van der Waals surface area contributed by atoms with Crippen LogP contribution in [0, 0.1) is 6.92 Å². The van der Waals surface area contributed by atoms with Gasteiger partial charge in [-0.25, -0.2) is 0 Å². The molecule has 2 N–H and O–H groups in total. The highest BCUT2D eigenvalue weighted by Crippen LogP contribution is 2.41. The van der Waals surface area contributed by atoms with Gasteiger partial charge in [0.05, 0.1) is 38.7 Å². The molecular formula is C20H24N2O5. The van der Waals surface area contributed by atoms with E-state index in [9.17, 15) is 9.90 Å². The van der Waals surface area contributed by atoms with Crippen molar-refractivity contribution in [2.75, 3.05) is 38.8 Å². The van der Waals surface area contributed by atoms with Crippen molar-refractivity contribution in [3.8, 4) is 22.8 Å². The van der Waals surface area contributed by atoms with Gasteiger partial charge in [-0.15, -0.1) is 0 Å². The molecular weight excluding hydrogens is 348 g/mol. The van der Waals surface area contributed by atoms with Crippen LogP contribution in [0.4, 0.5) is 5.82 Å². The topological polar surface area (TPSA) is 82.0 Å². The van der Waals surface area contributed by atoms with Gasteiger partial charge in [-0.3, -0.25) is 4.79 Å². The smallest absolute Gasteiger partial charge is 0.187 e. The maximum absolute atomic E-state index is 12.6. The fourth-order valence-electron chi connectivity index (χ4n) is 3.89. The van der Waals surface area contributed by atoms with Crippen molar-refractivity contribution in [3.63, 3.8) is 0 Å². The average Bonchev–Trinajstić information content (AvgIpc) is 2.69. The summed E-state index contributed by atoms with van der Waals surface area (Å²) in [5.74, 6) is 1.37. The lowest BCUT2D eigenvalue weighted by molar-refractivity contribution is -0.0819. The monoisotopic (exact) mass is 372 g/mol. The molecule has 3 heterocycles. The highest BCUT2D eigenvalue weighted by molar-refractivity contribution is 5.75. The highest BCUT2D eigenvalue weighted by Gasteiger charge is 2.25. The normalized spacial score (nSPS) is 18.5. The number of fused-ring (bicyclic) bond motifs is 3. The van der Waals surface area contributed by atoms with Gasteiger partial charge in [0.15, 0.2) is 16.9 Å². The molecule has 27 heavy (non-hydrogen) atoms. The minimum atomic E-state index is -0.0284. The molecule has 1 saturated heterocycles. The lowest BCUT2D eigenvalue weighted by Gasteiger charge is -2.29. The van der Waals surface area contributed by atoms with E-state index >= 15 is 0 Å². The van der Waals surface area contributed by atoms with Gasteiger partial charge in [-0.05, 0) is 25.5 Å².